The molecule has 124 valence electrons. The minimum absolute atomic E-state index is 0.0951. The second-order valence-electron chi connectivity index (χ2n) is 5.85. The van der Waals surface area contributed by atoms with Crippen LogP contribution in [-0.4, -0.2) is 42.8 Å². The van der Waals surface area contributed by atoms with Crippen LogP contribution in [0.25, 0.3) is 0 Å². The quantitative estimate of drug-likeness (QED) is 0.911. The van der Waals surface area contributed by atoms with Gasteiger partial charge in [-0.05, 0) is 19.4 Å². The zero-order valence-corrected chi connectivity index (χ0v) is 14.4. The van der Waals surface area contributed by atoms with E-state index in [1.165, 1.54) is 0 Å². The molecule has 6 nitrogen and oxygen atoms in total. The largest absolute Gasteiger partial charge is 0.388 e. The van der Waals surface area contributed by atoms with Gasteiger partial charge in [0.25, 0.3) is 0 Å². The van der Waals surface area contributed by atoms with Crippen LogP contribution in [0.2, 0.25) is 10.0 Å². The summed E-state index contributed by atoms with van der Waals surface area (Å²) in [5.74, 6) is 1.81. The fourth-order valence-electron chi connectivity index (χ4n) is 3.09. The Hall–Kier alpha value is -1.21. The molecular formula is C15H19Cl2N5O. The van der Waals surface area contributed by atoms with Crippen LogP contribution in [0.4, 0.5) is 0 Å². The molecule has 0 amide bonds. The number of likely N-dealkylation sites (tertiary alicyclic amines) is 1. The van der Waals surface area contributed by atoms with Crippen LogP contribution in [0.3, 0.4) is 0 Å². The van der Waals surface area contributed by atoms with Gasteiger partial charge in [-0.2, -0.15) is 0 Å². The molecule has 0 radical (unpaired) electrons. The minimum atomic E-state index is -0.0951. The van der Waals surface area contributed by atoms with E-state index < -0.39 is 0 Å². The summed E-state index contributed by atoms with van der Waals surface area (Å²) in [6.07, 6.45) is 5.39. The normalized spacial score (nSPS) is 19.2. The number of aromatic nitrogens is 4. The molecule has 1 aliphatic rings. The molecule has 2 aromatic heterocycles. The number of aliphatic hydroxyl groups excluding tert-OH is 1. The number of hydrogen-bond acceptors (Lipinski definition) is 5. The lowest BCUT2D eigenvalue weighted by Gasteiger charge is -2.32. The van der Waals surface area contributed by atoms with Crippen LogP contribution in [0.15, 0.2) is 12.4 Å². The van der Waals surface area contributed by atoms with Gasteiger partial charge < -0.3 is 9.67 Å². The topological polar surface area (TPSA) is 67.1 Å². The summed E-state index contributed by atoms with van der Waals surface area (Å²) < 4.78 is 1.89. The molecule has 0 aliphatic carbocycles. The molecule has 2 aromatic rings. The fourth-order valence-corrected chi connectivity index (χ4v) is 3.58. The van der Waals surface area contributed by atoms with Gasteiger partial charge in [0, 0.05) is 44.0 Å². The maximum atomic E-state index is 9.27. The Morgan fingerprint density at radius 1 is 1.26 bits per heavy atom. The molecule has 0 unspecified atom stereocenters. The van der Waals surface area contributed by atoms with Gasteiger partial charge in [-0.25, -0.2) is 0 Å². The maximum absolute atomic E-state index is 9.27. The highest BCUT2D eigenvalue weighted by Crippen LogP contribution is 2.30. The minimum Gasteiger partial charge on any atom is -0.388 e. The van der Waals surface area contributed by atoms with Crippen molar-refractivity contribution in [3.05, 3.63) is 39.7 Å². The molecular weight excluding hydrogens is 337 g/mol. The molecule has 3 rings (SSSR count). The Labute approximate surface area is 145 Å². The van der Waals surface area contributed by atoms with E-state index in [0.717, 1.165) is 37.3 Å². The summed E-state index contributed by atoms with van der Waals surface area (Å²) in [6.45, 7) is 2.46. The van der Waals surface area contributed by atoms with Crippen molar-refractivity contribution >= 4 is 23.2 Å². The average molecular weight is 356 g/mol. The first-order chi connectivity index (χ1) is 11.1. The lowest BCUT2D eigenvalue weighted by molar-refractivity contribution is 0.194. The van der Waals surface area contributed by atoms with E-state index in [1.807, 2.05) is 11.6 Å². The van der Waals surface area contributed by atoms with Crippen molar-refractivity contribution < 1.29 is 5.11 Å². The predicted molar refractivity (Wildman–Crippen MR) is 88.4 cm³/mol. The number of halogens is 2. The van der Waals surface area contributed by atoms with Gasteiger partial charge in [-0.15, -0.1) is 10.2 Å². The van der Waals surface area contributed by atoms with Crippen LogP contribution in [0.5, 0.6) is 0 Å². The monoisotopic (exact) mass is 355 g/mol. The van der Waals surface area contributed by atoms with Crippen molar-refractivity contribution in [3.63, 3.8) is 0 Å². The first-order valence-corrected chi connectivity index (χ1v) is 8.35. The highest BCUT2D eigenvalue weighted by Gasteiger charge is 2.26. The van der Waals surface area contributed by atoms with Gasteiger partial charge in [0.2, 0.25) is 0 Å². The molecule has 1 atom stereocenters. The third-order valence-corrected chi connectivity index (χ3v) is 5.00. The van der Waals surface area contributed by atoms with E-state index in [1.54, 1.807) is 12.4 Å². The van der Waals surface area contributed by atoms with Crippen LogP contribution >= 0.6 is 23.2 Å². The summed E-state index contributed by atoms with van der Waals surface area (Å²) >= 11 is 12.4. The molecule has 8 heteroatoms. The standard InChI is InChI=1S/C15H19Cl2N5O/c1-21-14(9-23)19-20-15(21)10-3-2-4-22(7-10)8-11-12(16)5-18-6-13(11)17/h5-6,10,23H,2-4,7-9H2,1H3/t10-/m1/s1. The third-order valence-electron chi connectivity index (χ3n) is 4.34. The number of piperidine rings is 1. The summed E-state index contributed by atoms with van der Waals surface area (Å²) in [5, 5.41) is 18.8. The lowest BCUT2D eigenvalue weighted by Crippen LogP contribution is -2.35. The van der Waals surface area contributed by atoms with Gasteiger partial charge in [0.1, 0.15) is 12.4 Å². The molecule has 1 fully saturated rings. The maximum Gasteiger partial charge on any atom is 0.158 e. The summed E-state index contributed by atoms with van der Waals surface area (Å²) in [4.78, 5) is 6.32. The predicted octanol–water partition coefficient (Wildman–Crippen LogP) is 2.39. The third kappa shape index (κ3) is 3.50. The zero-order chi connectivity index (χ0) is 16.4. The van der Waals surface area contributed by atoms with Gasteiger partial charge in [0.05, 0.1) is 10.0 Å². The molecule has 0 saturated carbocycles. The molecule has 1 N–H and O–H groups in total. The Kier molecular flexibility index (Phi) is 5.16. The summed E-state index contributed by atoms with van der Waals surface area (Å²) in [5.41, 5.74) is 0.915. The second-order valence-corrected chi connectivity index (χ2v) is 6.66. The lowest BCUT2D eigenvalue weighted by atomic mass is 9.96. The molecule has 1 saturated heterocycles. The van der Waals surface area contributed by atoms with Crippen molar-refractivity contribution in [3.8, 4) is 0 Å². The first-order valence-electron chi connectivity index (χ1n) is 7.59. The van der Waals surface area contributed by atoms with Crippen molar-refractivity contribution in [1.82, 2.24) is 24.6 Å². The molecule has 0 bridgehead atoms. The Balaban J connectivity index is 1.74. The van der Waals surface area contributed by atoms with Crippen LogP contribution in [-0.2, 0) is 20.2 Å². The van der Waals surface area contributed by atoms with Gasteiger partial charge >= 0.3 is 0 Å². The SMILES string of the molecule is Cn1c(CO)nnc1[C@@H]1CCCN(Cc2c(Cl)cncc2Cl)C1. The number of rotatable bonds is 4. The molecule has 3 heterocycles. The van der Waals surface area contributed by atoms with Gasteiger partial charge in [-0.3, -0.25) is 9.88 Å². The van der Waals surface area contributed by atoms with Crippen LogP contribution in [0.1, 0.15) is 36.0 Å². The molecule has 23 heavy (non-hydrogen) atoms. The van der Waals surface area contributed by atoms with Gasteiger partial charge in [-0.1, -0.05) is 23.2 Å². The van der Waals surface area contributed by atoms with E-state index in [4.69, 9.17) is 23.2 Å². The Morgan fingerprint density at radius 3 is 2.65 bits per heavy atom. The van der Waals surface area contributed by atoms with Crippen molar-refractivity contribution in [2.45, 2.75) is 31.9 Å². The summed E-state index contributed by atoms with van der Waals surface area (Å²) in [6, 6.07) is 0. The number of hydrogen-bond donors (Lipinski definition) is 1. The van der Waals surface area contributed by atoms with E-state index in [-0.39, 0.29) is 6.61 Å². The Bertz CT molecular complexity index is 670. The second kappa shape index (κ2) is 7.13. The van der Waals surface area contributed by atoms with Crippen molar-refractivity contribution in [2.24, 2.45) is 7.05 Å². The summed E-state index contributed by atoms with van der Waals surface area (Å²) in [7, 11) is 1.90. The van der Waals surface area contributed by atoms with Crippen molar-refractivity contribution in [2.75, 3.05) is 13.1 Å². The number of nitrogens with zero attached hydrogens (tertiary/aromatic N) is 5. The highest BCUT2D eigenvalue weighted by molar-refractivity contribution is 6.35. The zero-order valence-electron chi connectivity index (χ0n) is 12.9. The van der Waals surface area contributed by atoms with E-state index in [0.29, 0.717) is 28.3 Å². The molecule has 0 spiro atoms. The Morgan fingerprint density at radius 2 is 2.00 bits per heavy atom. The van der Waals surface area contributed by atoms with Crippen LogP contribution < -0.4 is 0 Å². The van der Waals surface area contributed by atoms with Gasteiger partial charge in [0.15, 0.2) is 5.82 Å². The molecule has 0 aromatic carbocycles. The smallest absolute Gasteiger partial charge is 0.158 e. The van der Waals surface area contributed by atoms with E-state index in [9.17, 15) is 5.11 Å². The molecule has 1 aliphatic heterocycles. The number of pyridine rings is 1. The van der Waals surface area contributed by atoms with E-state index >= 15 is 0 Å². The highest BCUT2D eigenvalue weighted by atomic mass is 35.5. The number of aliphatic hydroxyl groups is 1. The first kappa shape index (κ1) is 16.6. The average Bonchev–Trinajstić information content (AvgIpc) is 2.92. The van der Waals surface area contributed by atoms with E-state index in [2.05, 4.69) is 20.1 Å². The van der Waals surface area contributed by atoms with Crippen LogP contribution in [0, 0.1) is 0 Å². The van der Waals surface area contributed by atoms with Crippen molar-refractivity contribution in [1.29, 1.82) is 0 Å². The fraction of sp³-hybridized carbons (Fsp3) is 0.533.